The third kappa shape index (κ3) is 2.58. The molecule has 2 aromatic rings. The van der Waals surface area contributed by atoms with Crippen molar-refractivity contribution in [3.63, 3.8) is 0 Å². The zero-order chi connectivity index (χ0) is 12.3. The van der Waals surface area contributed by atoms with E-state index in [1.54, 1.807) is 13.3 Å². The fourth-order valence-electron chi connectivity index (χ4n) is 1.90. The molecule has 2 heterocycles. The van der Waals surface area contributed by atoms with Gasteiger partial charge in [0.05, 0.1) is 12.3 Å². The molecule has 0 aliphatic rings. The number of rotatable bonds is 4. The van der Waals surface area contributed by atoms with Gasteiger partial charge in [-0.2, -0.15) is 0 Å². The molecule has 2 aromatic heterocycles. The van der Waals surface area contributed by atoms with Crippen molar-refractivity contribution < 1.29 is 4.74 Å². The molecule has 0 radical (unpaired) electrons. The minimum atomic E-state index is 0.704. The summed E-state index contributed by atoms with van der Waals surface area (Å²) in [5, 5.41) is 0. The van der Waals surface area contributed by atoms with Gasteiger partial charge in [0.15, 0.2) is 0 Å². The lowest BCUT2D eigenvalue weighted by molar-refractivity contribution is 0.187. The summed E-state index contributed by atoms with van der Waals surface area (Å²) in [4.78, 5) is 4.17. The molecular formula is C13H15BrN2O. The number of halogens is 1. The lowest BCUT2D eigenvalue weighted by Crippen LogP contribution is -2.07. The summed E-state index contributed by atoms with van der Waals surface area (Å²) >= 11 is 3.61. The summed E-state index contributed by atoms with van der Waals surface area (Å²) in [7, 11) is 1.72. The van der Waals surface area contributed by atoms with E-state index in [1.165, 1.54) is 5.69 Å². The van der Waals surface area contributed by atoms with Gasteiger partial charge in [-0.3, -0.25) is 4.98 Å². The molecule has 0 amide bonds. The van der Waals surface area contributed by atoms with Crippen LogP contribution in [0.5, 0.6) is 0 Å². The molecule has 0 spiro atoms. The van der Waals surface area contributed by atoms with Crippen LogP contribution >= 0.6 is 15.9 Å². The van der Waals surface area contributed by atoms with Gasteiger partial charge in [0.1, 0.15) is 0 Å². The second-order valence-electron chi connectivity index (χ2n) is 3.87. The minimum absolute atomic E-state index is 0.704. The number of pyridine rings is 1. The highest BCUT2D eigenvalue weighted by Gasteiger charge is 2.12. The number of ether oxygens (including phenoxy) is 1. The van der Waals surface area contributed by atoms with Crippen LogP contribution in [0.4, 0.5) is 0 Å². The van der Waals surface area contributed by atoms with Crippen molar-refractivity contribution in [3.05, 3.63) is 40.8 Å². The average molecular weight is 295 g/mol. The smallest absolute Gasteiger partial charge is 0.0643 e. The van der Waals surface area contributed by atoms with Crippen LogP contribution in [0.15, 0.2) is 35.1 Å². The molecule has 0 N–H and O–H groups in total. The average Bonchev–Trinajstić information content (AvgIpc) is 2.62. The molecule has 0 atom stereocenters. The summed E-state index contributed by atoms with van der Waals surface area (Å²) in [6, 6.07) is 6.14. The van der Waals surface area contributed by atoms with Crippen LogP contribution in [0.1, 0.15) is 5.69 Å². The SMILES string of the molecule is COCCn1c(C)cc(Br)c1-c1cccnc1. The first-order valence-corrected chi connectivity index (χ1v) is 6.28. The van der Waals surface area contributed by atoms with Crippen molar-refractivity contribution in [2.24, 2.45) is 0 Å². The number of hydrogen-bond donors (Lipinski definition) is 0. The molecule has 0 aliphatic carbocycles. The summed E-state index contributed by atoms with van der Waals surface area (Å²) in [6.45, 7) is 3.65. The van der Waals surface area contributed by atoms with E-state index in [1.807, 2.05) is 12.3 Å². The van der Waals surface area contributed by atoms with E-state index in [-0.39, 0.29) is 0 Å². The van der Waals surface area contributed by atoms with E-state index in [2.05, 4.69) is 44.5 Å². The zero-order valence-corrected chi connectivity index (χ0v) is 11.6. The van der Waals surface area contributed by atoms with E-state index < -0.39 is 0 Å². The third-order valence-corrected chi connectivity index (χ3v) is 3.32. The van der Waals surface area contributed by atoms with Gasteiger partial charge in [0, 0.05) is 41.8 Å². The molecule has 0 saturated carbocycles. The maximum absolute atomic E-state index is 5.15. The van der Waals surface area contributed by atoms with Crippen LogP contribution < -0.4 is 0 Å². The maximum atomic E-state index is 5.15. The Bertz CT molecular complexity index is 494. The van der Waals surface area contributed by atoms with Crippen molar-refractivity contribution in [2.45, 2.75) is 13.5 Å². The van der Waals surface area contributed by atoms with Gasteiger partial charge in [0.25, 0.3) is 0 Å². The molecular weight excluding hydrogens is 280 g/mol. The molecule has 2 rings (SSSR count). The highest BCUT2D eigenvalue weighted by molar-refractivity contribution is 9.10. The topological polar surface area (TPSA) is 27.1 Å². The second-order valence-corrected chi connectivity index (χ2v) is 4.72. The van der Waals surface area contributed by atoms with Crippen LogP contribution in [-0.4, -0.2) is 23.3 Å². The Balaban J connectivity index is 2.45. The first-order valence-electron chi connectivity index (χ1n) is 5.49. The van der Waals surface area contributed by atoms with Gasteiger partial charge in [-0.15, -0.1) is 0 Å². The number of methoxy groups -OCH3 is 1. The van der Waals surface area contributed by atoms with Crippen molar-refractivity contribution in [1.29, 1.82) is 0 Å². The molecule has 0 bridgehead atoms. The molecule has 0 aliphatic heterocycles. The van der Waals surface area contributed by atoms with Gasteiger partial charge in [-0.25, -0.2) is 0 Å². The van der Waals surface area contributed by atoms with Crippen molar-refractivity contribution in [1.82, 2.24) is 9.55 Å². The zero-order valence-electron chi connectivity index (χ0n) is 9.98. The first kappa shape index (κ1) is 12.3. The fourth-order valence-corrected chi connectivity index (χ4v) is 2.68. The molecule has 90 valence electrons. The minimum Gasteiger partial charge on any atom is -0.383 e. The predicted molar refractivity (Wildman–Crippen MR) is 72.0 cm³/mol. The predicted octanol–water partition coefficient (Wildman–Crippen LogP) is 3.27. The Hall–Kier alpha value is -1.13. The molecule has 3 nitrogen and oxygen atoms in total. The van der Waals surface area contributed by atoms with E-state index >= 15 is 0 Å². The molecule has 4 heteroatoms. The highest BCUT2D eigenvalue weighted by Crippen LogP contribution is 2.31. The van der Waals surface area contributed by atoms with Crippen LogP contribution in [0.3, 0.4) is 0 Å². The van der Waals surface area contributed by atoms with Gasteiger partial charge in [-0.1, -0.05) is 0 Å². The standard InChI is InChI=1S/C13H15BrN2O/c1-10-8-12(14)13(16(10)6-7-17-2)11-4-3-5-15-9-11/h3-5,8-9H,6-7H2,1-2H3. The van der Waals surface area contributed by atoms with E-state index in [0.717, 1.165) is 22.3 Å². The summed E-state index contributed by atoms with van der Waals surface area (Å²) in [5.41, 5.74) is 3.49. The van der Waals surface area contributed by atoms with Crippen LogP contribution in [-0.2, 0) is 11.3 Å². The highest BCUT2D eigenvalue weighted by atomic mass is 79.9. The Labute approximate surface area is 110 Å². The molecule has 0 aromatic carbocycles. The Kier molecular flexibility index (Phi) is 3.97. The molecule has 0 unspecified atom stereocenters. The van der Waals surface area contributed by atoms with E-state index in [9.17, 15) is 0 Å². The third-order valence-electron chi connectivity index (χ3n) is 2.71. The van der Waals surface area contributed by atoms with E-state index in [4.69, 9.17) is 4.74 Å². The van der Waals surface area contributed by atoms with Crippen molar-refractivity contribution >= 4 is 15.9 Å². The summed E-state index contributed by atoms with van der Waals surface area (Å²) in [5.74, 6) is 0. The number of nitrogens with zero attached hydrogens (tertiary/aromatic N) is 2. The quantitative estimate of drug-likeness (QED) is 0.865. The van der Waals surface area contributed by atoms with E-state index in [0.29, 0.717) is 6.61 Å². The Morgan fingerprint density at radius 2 is 2.29 bits per heavy atom. The lowest BCUT2D eigenvalue weighted by Gasteiger charge is -2.11. The monoisotopic (exact) mass is 294 g/mol. The Morgan fingerprint density at radius 1 is 1.47 bits per heavy atom. The fraction of sp³-hybridized carbons (Fsp3) is 0.308. The van der Waals surface area contributed by atoms with Crippen molar-refractivity contribution in [2.75, 3.05) is 13.7 Å². The summed E-state index contributed by atoms with van der Waals surface area (Å²) in [6.07, 6.45) is 3.66. The van der Waals surface area contributed by atoms with Crippen LogP contribution in [0, 0.1) is 6.92 Å². The molecule has 0 fully saturated rings. The van der Waals surface area contributed by atoms with Crippen LogP contribution in [0.25, 0.3) is 11.3 Å². The number of aryl methyl sites for hydroxylation is 1. The lowest BCUT2D eigenvalue weighted by atomic mass is 10.2. The number of aromatic nitrogens is 2. The Morgan fingerprint density at radius 3 is 2.94 bits per heavy atom. The van der Waals surface area contributed by atoms with Crippen molar-refractivity contribution in [3.8, 4) is 11.3 Å². The second kappa shape index (κ2) is 5.47. The maximum Gasteiger partial charge on any atom is 0.0643 e. The van der Waals surface area contributed by atoms with Gasteiger partial charge in [-0.05, 0) is 41.1 Å². The van der Waals surface area contributed by atoms with Gasteiger partial charge < -0.3 is 9.30 Å². The largest absolute Gasteiger partial charge is 0.383 e. The first-order chi connectivity index (χ1) is 8.24. The van der Waals surface area contributed by atoms with Crippen LogP contribution in [0.2, 0.25) is 0 Å². The van der Waals surface area contributed by atoms with Gasteiger partial charge in [0.2, 0.25) is 0 Å². The molecule has 0 saturated heterocycles. The molecule has 17 heavy (non-hydrogen) atoms. The number of hydrogen-bond acceptors (Lipinski definition) is 2. The normalized spacial score (nSPS) is 10.8. The van der Waals surface area contributed by atoms with Gasteiger partial charge >= 0.3 is 0 Å². The summed E-state index contributed by atoms with van der Waals surface area (Å²) < 4.78 is 8.49.